The van der Waals surface area contributed by atoms with Crippen molar-refractivity contribution in [3.63, 3.8) is 0 Å². The first-order valence-electron chi connectivity index (χ1n) is 3.42. The van der Waals surface area contributed by atoms with E-state index >= 15 is 0 Å². The molecule has 0 unspecified atom stereocenters. The zero-order valence-electron chi connectivity index (χ0n) is 6.70. The van der Waals surface area contributed by atoms with Gasteiger partial charge in [-0.2, -0.15) is 0 Å². The van der Waals surface area contributed by atoms with Gasteiger partial charge in [0.15, 0.2) is 0 Å². The number of nitrogens with zero attached hydrogens (tertiary/aromatic N) is 1. The summed E-state index contributed by atoms with van der Waals surface area (Å²) in [6.45, 7) is 2.31. The predicted octanol–water partition coefficient (Wildman–Crippen LogP) is 0.759. The van der Waals surface area contributed by atoms with Crippen LogP contribution in [0.5, 0.6) is 0 Å². The molecule has 0 saturated carbocycles. The van der Waals surface area contributed by atoms with Gasteiger partial charge in [-0.1, -0.05) is 0 Å². The van der Waals surface area contributed by atoms with Gasteiger partial charge in [0.25, 0.3) is 6.29 Å². The Morgan fingerprint density at radius 3 is 2.55 bits per heavy atom. The van der Waals surface area contributed by atoms with Gasteiger partial charge in [0.05, 0.1) is 12.4 Å². The molecule has 1 aliphatic heterocycles. The van der Waals surface area contributed by atoms with Gasteiger partial charge < -0.3 is 14.4 Å². The molecular formula is C7H12N2O2. The van der Waals surface area contributed by atoms with Gasteiger partial charge in [-0.25, -0.2) is 0 Å². The molecule has 1 rings (SSSR count). The third-order valence-corrected chi connectivity index (χ3v) is 1.51. The van der Waals surface area contributed by atoms with E-state index in [9.17, 15) is 0 Å². The lowest BCUT2D eigenvalue weighted by molar-refractivity contribution is -0.0319. The molecule has 1 heterocycles. The number of likely N-dealkylation sites (N-methyl/N-ethyl adjacent to an activating group) is 1. The van der Waals surface area contributed by atoms with Crippen molar-refractivity contribution >= 4 is 5.84 Å². The van der Waals surface area contributed by atoms with Crippen molar-refractivity contribution < 1.29 is 9.47 Å². The highest BCUT2D eigenvalue weighted by atomic mass is 16.7. The SMILES string of the molecule is CC(=N)N(C)CC1OC=CO1. The maximum atomic E-state index is 7.26. The Balaban J connectivity index is 2.25. The van der Waals surface area contributed by atoms with Gasteiger partial charge in [-0.15, -0.1) is 0 Å². The molecule has 0 bridgehead atoms. The van der Waals surface area contributed by atoms with Crippen molar-refractivity contribution in [2.45, 2.75) is 13.2 Å². The molecule has 11 heavy (non-hydrogen) atoms. The van der Waals surface area contributed by atoms with Crippen LogP contribution in [0, 0.1) is 5.41 Å². The highest BCUT2D eigenvalue weighted by Crippen LogP contribution is 2.05. The van der Waals surface area contributed by atoms with Gasteiger partial charge in [0.1, 0.15) is 12.5 Å². The topological polar surface area (TPSA) is 45.6 Å². The molecule has 1 aliphatic rings. The summed E-state index contributed by atoms with van der Waals surface area (Å²) in [5.74, 6) is 0.504. The number of hydrogen-bond donors (Lipinski definition) is 1. The number of nitrogens with one attached hydrogen (secondary N) is 1. The highest BCUT2D eigenvalue weighted by Gasteiger charge is 2.14. The lowest BCUT2D eigenvalue weighted by atomic mass is 10.5. The Morgan fingerprint density at radius 1 is 1.55 bits per heavy atom. The standard InChI is InChI=1S/C7H12N2O2/c1-6(8)9(2)5-7-10-3-4-11-7/h3-4,7-8H,5H2,1-2H3. The molecule has 0 spiro atoms. The van der Waals surface area contributed by atoms with E-state index in [-0.39, 0.29) is 6.29 Å². The zero-order valence-corrected chi connectivity index (χ0v) is 6.70. The van der Waals surface area contributed by atoms with Crippen molar-refractivity contribution in [2.75, 3.05) is 13.6 Å². The van der Waals surface area contributed by atoms with Crippen molar-refractivity contribution in [2.24, 2.45) is 0 Å². The zero-order chi connectivity index (χ0) is 8.27. The van der Waals surface area contributed by atoms with Crippen LogP contribution in [0.15, 0.2) is 12.5 Å². The van der Waals surface area contributed by atoms with Crippen LogP contribution in [0.1, 0.15) is 6.92 Å². The minimum atomic E-state index is -0.250. The van der Waals surface area contributed by atoms with E-state index in [1.807, 2.05) is 7.05 Å². The second-order valence-electron chi connectivity index (χ2n) is 2.44. The Labute approximate surface area is 65.9 Å². The average molecular weight is 156 g/mol. The Bertz CT molecular complexity index is 171. The molecule has 0 aromatic carbocycles. The van der Waals surface area contributed by atoms with Gasteiger partial charge in [-0.3, -0.25) is 5.41 Å². The maximum absolute atomic E-state index is 7.26. The second kappa shape index (κ2) is 3.27. The van der Waals surface area contributed by atoms with E-state index in [1.54, 1.807) is 11.8 Å². The van der Waals surface area contributed by atoms with Gasteiger partial charge in [0, 0.05) is 7.05 Å². The molecule has 4 nitrogen and oxygen atoms in total. The summed E-state index contributed by atoms with van der Waals surface area (Å²) in [4.78, 5) is 1.76. The number of hydrogen-bond acceptors (Lipinski definition) is 3. The molecule has 1 N–H and O–H groups in total. The Morgan fingerprint density at radius 2 is 2.09 bits per heavy atom. The lowest BCUT2D eigenvalue weighted by Gasteiger charge is -2.20. The minimum absolute atomic E-state index is 0.250. The highest BCUT2D eigenvalue weighted by molar-refractivity contribution is 5.75. The molecule has 0 saturated heterocycles. The fourth-order valence-electron chi connectivity index (χ4n) is 0.718. The van der Waals surface area contributed by atoms with Crippen LogP contribution < -0.4 is 0 Å². The van der Waals surface area contributed by atoms with E-state index in [0.29, 0.717) is 12.4 Å². The summed E-state index contributed by atoms with van der Waals surface area (Å²) in [5, 5.41) is 7.26. The van der Waals surface area contributed by atoms with E-state index in [1.165, 1.54) is 12.5 Å². The number of amidine groups is 1. The molecule has 0 aliphatic carbocycles. The van der Waals surface area contributed by atoms with E-state index < -0.39 is 0 Å². The summed E-state index contributed by atoms with van der Waals surface area (Å²) in [7, 11) is 1.83. The molecule has 62 valence electrons. The molecule has 0 aromatic rings. The first-order chi connectivity index (χ1) is 5.20. The van der Waals surface area contributed by atoms with Crippen molar-refractivity contribution in [1.82, 2.24) is 4.90 Å². The quantitative estimate of drug-likeness (QED) is 0.474. The smallest absolute Gasteiger partial charge is 0.256 e. The molecule has 0 amide bonds. The summed E-state index contributed by atoms with van der Waals surface area (Å²) in [6, 6.07) is 0. The monoisotopic (exact) mass is 156 g/mol. The third-order valence-electron chi connectivity index (χ3n) is 1.51. The number of rotatable bonds is 2. The largest absolute Gasteiger partial charge is 0.457 e. The maximum Gasteiger partial charge on any atom is 0.256 e. The Hall–Kier alpha value is -1.19. The normalized spacial score (nSPS) is 15.8. The van der Waals surface area contributed by atoms with Crippen LogP contribution in [-0.2, 0) is 9.47 Å². The van der Waals surface area contributed by atoms with E-state index in [2.05, 4.69) is 0 Å². The van der Waals surface area contributed by atoms with Crippen LogP contribution >= 0.6 is 0 Å². The van der Waals surface area contributed by atoms with Crippen LogP contribution in [0.25, 0.3) is 0 Å². The summed E-state index contributed by atoms with van der Waals surface area (Å²) < 4.78 is 10.1. The first-order valence-corrected chi connectivity index (χ1v) is 3.42. The third kappa shape index (κ3) is 2.14. The predicted molar refractivity (Wildman–Crippen MR) is 41.1 cm³/mol. The van der Waals surface area contributed by atoms with Gasteiger partial charge >= 0.3 is 0 Å². The van der Waals surface area contributed by atoms with Gasteiger partial charge in [-0.05, 0) is 6.92 Å². The van der Waals surface area contributed by atoms with Crippen molar-refractivity contribution in [1.29, 1.82) is 5.41 Å². The molecule has 4 heteroatoms. The van der Waals surface area contributed by atoms with E-state index in [0.717, 1.165) is 0 Å². The van der Waals surface area contributed by atoms with Crippen LogP contribution in [-0.4, -0.2) is 30.6 Å². The number of ether oxygens (including phenoxy) is 2. The van der Waals surface area contributed by atoms with Crippen molar-refractivity contribution in [3.05, 3.63) is 12.5 Å². The molecule has 0 atom stereocenters. The summed E-state index contributed by atoms with van der Waals surface area (Å²) in [5.41, 5.74) is 0. The molecular weight excluding hydrogens is 144 g/mol. The lowest BCUT2D eigenvalue weighted by Crippen LogP contribution is -2.32. The van der Waals surface area contributed by atoms with Crippen LogP contribution in [0.3, 0.4) is 0 Å². The molecule has 0 aromatic heterocycles. The summed E-state index contributed by atoms with van der Waals surface area (Å²) >= 11 is 0. The fourth-order valence-corrected chi connectivity index (χ4v) is 0.718. The second-order valence-corrected chi connectivity index (χ2v) is 2.44. The fraction of sp³-hybridized carbons (Fsp3) is 0.571. The van der Waals surface area contributed by atoms with Gasteiger partial charge in [0.2, 0.25) is 0 Å². The van der Waals surface area contributed by atoms with Crippen LogP contribution in [0.2, 0.25) is 0 Å². The van der Waals surface area contributed by atoms with Crippen LogP contribution in [0.4, 0.5) is 0 Å². The molecule has 0 fully saturated rings. The van der Waals surface area contributed by atoms with Crippen molar-refractivity contribution in [3.8, 4) is 0 Å². The first kappa shape index (κ1) is 7.91. The average Bonchev–Trinajstić information content (AvgIpc) is 2.39. The summed E-state index contributed by atoms with van der Waals surface area (Å²) in [6.07, 6.45) is 2.77. The molecule has 0 radical (unpaired) electrons. The van der Waals surface area contributed by atoms with E-state index in [4.69, 9.17) is 14.9 Å². The Kier molecular flexibility index (Phi) is 2.36. The minimum Gasteiger partial charge on any atom is -0.457 e.